The predicted octanol–water partition coefficient (Wildman–Crippen LogP) is 2.15. The van der Waals surface area contributed by atoms with Crippen LogP contribution in [0.4, 0.5) is 5.69 Å². The Morgan fingerprint density at radius 2 is 1.75 bits per heavy atom. The maximum Gasteiger partial charge on any atom is 0.331 e. The number of amides is 2. The molecule has 0 fully saturated rings. The summed E-state index contributed by atoms with van der Waals surface area (Å²) in [4.78, 5) is 39.0. The zero-order chi connectivity index (χ0) is 24.9. The van der Waals surface area contributed by atoms with Crippen molar-refractivity contribution in [3.8, 4) is 0 Å². The number of hydrogen-bond donors (Lipinski definition) is 4. The summed E-state index contributed by atoms with van der Waals surface area (Å²) in [5.74, 6) is -1.64. The minimum Gasteiger partial charge on any atom is -0.478 e. The number of carboxylic acid groups (broad SMARTS) is 1. The molecule has 0 spiro atoms. The van der Waals surface area contributed by atoms with Gasteiger partial charge in [-0.05, 0) is 37.1 Å². The summed E-state index contributed by atoms with van der Waals surface area (Å²) in [6.07, 6.45) is 1.47. The van der Waals surface area contributed by atoms with Crippen LogP contribution in [0, 0.1) is 5.41 Å². The topological polar surface area (TPSA) is 125 Å². The Balaban J connectivity index is 3.14. The molecule has 5 N–H and O–H groups in total. The Bertz CT molecular complexity index is 871. The molecule has 2 amide bonds. The summed E-state index contributed by atoms with van der Waals surface area (Å²) in [6.45, 7) is 11.1. The molecule has 8 nitrogen and oxygen atoms in total. The van der Waals surface area contributed by atoms with Crippen LogP contribution in [-0.4, -0.2) is 60.5 Å². The van der Waals surface area contributed by atoms with Crippen molar-refractivity contribution in [3.05, 3.63) is 41.5 Å². The van der Waals surface area contributed by atoms with Crippen molar-refractivity contribution >= 4 is 23.5 Å². The summed E-state index contributed by atoms with van der Waals surface area (Å²) in [6, 6.07) is 5.98. The van der Waals surface area contributed by atoms with E-state index in [0.717, 1.165) is 5.56 Å². The van der Waals surface area contributed by atoms with Crippen LogP contribution in [0.15, 0.2) is 35.9 Å². The lowest BCUT2D eigenvalue weighted by Gasteiger charge is -2.38. The second-order valence-electron chi connectivity index (χ2n) is 9.79. The van der Waals surface area contributed by atoms with Gasteiger partial charge in [0.2, 0.25) is 11.8 Å². The largest absolute Gasteiger partial charge is 0.478 e. The van der Waals surface area contributed by atoms with Gasteiger partial charge >= 0.3 is 5.97 Å². The first-order valence-corrected chi connectivity index (χ1v) is 10.6. The number of rotatable bonds is 9. The Kier molecular flexibility index (Phi) is 9.03. The minimum atomic E-state index is -1.04. The third-order valence-corrected chi connectivity index (χ3v) is 5.69. The van der Waals surface area contributed by atoms with Gasteiger partial charge in [-0.25, -0.2) is 4.79 Å². The number of carboxylic acids is 1. The molecule has 32 heavy (non-hydrogen) atoms. The van der Waals surface area contributed by atoms with Crippen molar-refractivity contribution in [2.24, 2.45) is 5.41 Å². The molecule has 1 rings (SSSR count). The van der Waals surface area contributed by atoms with Gasteiger partial charge in [0.25, 0.3) is 0 Å². The smallest absolute Gasteiger partial charge is 0.331 e. The van der Waals surface area contributed by atoms with E-state index in [1.165, 1.54) is 17.9 Å². The molecule has 0 saturated heterocycles. The van der Waals surface area contributed by atoms with Gasteiger partial charge in [0, 0.05) is 30.3 Å². The molecule has 1 unspecified atom stereocenters. The van der Waals surface area contributed by atoms with Crippen LogP contribution >= 0.6 is 0 Å². The number of nitrogen functional groups attached to an aromatic ring is 1. The van der Waals surface area contributed by atoms with Crippen LogP contribution in [-0.2, 0) is 19.8 Å². The first-order chi connectivity index (χ1) is 14.6. The fourth-order valence-electron chi connectivity index (χ4n) is 3.47. The highest BCUT2D eigenvalue weighted by Crippen LogP contribution is 2.29. The molecule has 0 radical (unpaired) electrons. The Hall–Kier alpha value is -2.87. The monoisotopic (exact) mass is 446 g/mol. The molecule has 0 heterocycles. The molecule has 0 aliphatic rings. The van der Waals surface area contributed by atoms with Crippen LogP contribution in [0.5, 0.6) is 0 Å². The van der Waals surface area contributed by atoms with E-state index < -0.39 is 28.9 Å². The summed E-state index contributed by atoms with van der Waals surface area (Å²) in [5.41, 5.74) is 6.44. The SMILES string of the molecule is CNC(C(=O)N[C@H](C(=O)N(C)C/C=C(\C)C(=O)O)C(C)(C)C)C(C)(C)c1cccc(N)c1. The van der Waals surface area contributed by atoms with E-state index in [1.807, 2.05) is 52.8 Å². The third-order valence-electron chi connectivity index (χ3n) is 5.69. The molecular weight excluding hydrogens is 408 g/mol. The van der Waals surface area contributed by atoms with Crippen LogP contribution < -0.4 is 16.4 Å². The van der Waals surface area contributed by atoms with E-state index >= 15 is 0 Å². The molecule has 178 valence electrons. The second kappa shape index (κ2) is 10.6. The van der Waals surface area contributed by atoms with Gasteiger partial charge in [0.1, 0.15) is 6.04 Å². The van der Waals surface area contributed by atoms with Gasteiger partial charge in [-0.1, -0.05) is 52.8 Å². The number of carbonyl (C=O) groups excluding carboxylic acids is 2. The number of benzene rings is 1. The number of nitrogens with one attached hydrogen (secondary N) is 2. The average Bonchev–Trinajstić information content (AvgIpc) is 2.68. The molecule has 8 heteroatoms. The Morgan fingerprint density at radius 3 is 2.22 bits per heavy atom. The standard InChI is InChI=1S/C24H38N4O4/c1-15(22(31)32)12-13-28(8)21(30)19(23(2,3)4)27-20(29)18(26-7)24(5,6)16-10-9-11-17(25)14-16/h9-12,14,18-19,26H,13,25H2,1-8H3,(H,27,29)(H,31,32)/b15-12+/t18?,19-/m1/s1. The number of anilines is 1. The van der Waals surface area contributed by atoms with E-state index in [2.05, 4.69) is 10.6 Å². The number of hydrogen-bond acceptors (Lipinski definition) is 5. The molecule has 0 aromatic heterocycles. The highest BCUT2D eigenvalue weighted by atomic mass is 16.4. The maximum atomic E-state index is 13.4. The molecule has 0 aliphatic heterocycles. The van der Waals surface area contributed by atoms with E-state index in [-0.39, 0.29) is 23.9 Å². The molecule has 1 aromatic rings. The summed E-state index contributed by atoms with van der Waals surface area (Å²) in [5, 5.41) is 15.0. The van der Waals surface area contributed by atoms with Gasteiger partial charge in [-0.2, -0.15) is 0 Å². The van der Waals surface area contributed by atoms with E-state index in [4.69, 9.17) is 10.8 Å². The molecule has 0 saturated carbocycles. The van der Waals surface area contributed by atoms with Gasteiger partial charge in [-0.3, -0.25) is 9.59 Å². The van der Waals surface area contributed by atoms with E-state index in [1.54, 1.807) is 20.2 Å². The highest BCUT2D eigenvalue weighted by Gasteiger charge is 2.40. The second-order valence-corrected chi connectivity index (χ2v) is 9.79. The van der Waals surface area contributed by atoms with Crippen LogP contribution in [0.25, 0.3) is 0 Å². The van der Waals surface area contributed by atoms with Crippen molar-refractivity contribution in [1.29, 1.82) is 0 Å². The lowest BCUT2D eigenvalue weighted by Crippen LogP contribution is -2.60. The van der Waals surface area contributed by atoms with Crippen molar-refractivity contribution in [1.82, 2.24) is 15.5 Å². The van der Waals surface area contributed by atoms with Crippen molar-refractivity contribution in [2.75, 3.05) is 26.4 Å². The van der Waals surface area contributed by atoms with Crippen molar-refractivity contribution in [2.45, 2.75) is 59.0 Å². The van der Waals surface area contributed by atoms with Gasteiger partial charge in [0.05, 0.1) is 6.04 Å². The zero-order valence-corrected chi connectivity index (χ0v) is 20.4. The van der Waals surface area contributed by atoms with Crippen LogP contribution in [0.2, 0.25) is 0 Å². The Labute approximate surface area is 191 Å². The zero-order valence-electron chi connectivity index (χ0n) is 20.4. The number of nitrogens with zero attached hydrogens (tertiary/aromatic N) is 1. The molecule has 1 aromatic carbocycles. The summed E-state index contributed by atoms with van der Waals surface area (Å²) >= 11 is 0. The molecule has 0 bridgehead atoms. The predicted molar refractivity (Wildman–Crippen MR) is 127 cm³/mol. The molecule has 0 aliphatic carbocycles. The highest BCUT2D eigenvalue weighted by molar-refractivity contribution is 5.91. The lowest BCUT2D eigenvalue weighted by atomic mass is 9.76. The van der Waals surface area contributed by atoms with Crippen LogP contribution in [0.1, 0.15) is 47.1 Å². The van der Waals surface area contributed by atoms with E-state index in [9.17, 15) is 14.4 Å². The number of likely N-dealkylation sites (N-methyl/N-ethyl adjacent to an activating group) is 2. The number of aliphatic carboxylic acids is 1. The van der Waals surface area contributed by atoms with Gasteiger partial charge < -0.3 is 26.4 Å². The van der Waals surface area contributed by atoms with Gasteiger partial charge in [0.15, 0.2) is 0 Å². The minimum absolute atomic E-state index is 0.129. The number of carbonyl (C=O) groups is 3. The summed E-state index contributed by atoms with van der Waals surface area (Å²) in [7, 11) is 3.29. The number of nitrogens with two attached hydrogens (primary N) is 1. The fourth-order valence-corrected chi connectivity index (χ4v) is 3.47. The fraction of sp³-hybridized carbons (Fsp3) is 0.542. The Morgan fingerprint density at radius 1 is 1.16 bits per heavy atom. The van der Waals surface area contributed by atoms with Gasteiger partial charge in [-0.15, -0.1) is 0 Å². The summed E-state index contributed by atoms with van der Waals surface area (Å²) < 4.78 is 0. The first-order valence-electron chi connectivity index (χ1n) is 10.6. The molecule has 2 atom stereocenters. The van der Waals surface area contributed by atoms with E-state index in [0.29, 0.717) is 5.69 Å². The van der Waals surface area contributed by atoms with Crippen molar-refractivity contribution < 1.29 is 19.5 Å². The first kappa shape index (κ1) is 27.2. The van der Waals surface area contributed by atoms with Crippen LogP contribution in [0.3, 0.4) is 0 Å². The lowest BCUT2D eigenvalue weighted by molar-refractivity contribution is -0.139. The molecular formula is C24H38N4O4. The normalized spacial score (nSPS) is 14.4. The quantitative estimate of drug-likeness (QED) is 0.340. The average molecular weight is 447 g/mol. The van der Waals surface area contributed by atoms with Crippen molar-refractivity contribution in [3.63, 3.8) is 0 Å². The maximum absolute atomic E-state index is 13.4. The third kappa shape index (κ3) is 6.82.